The molecule has 0 atom stereocenters. The lowest BCUT2D eigenvalue weighted by Crippen LogP contribution is -2.23. The lowest BCUT2D eigenvalue weighted by atomic mass is 10.2. The highest BCUT2D eigenvalue weighted by Gasteiger charge is 2.19. The summed E-state index contributed by atoms with van der Waals surface area (Å²) in [5.41, 5.74) is 1.44. The third-order valence-electron chi connectivity index (χ3n) is 3.67. The SMILES string of the molecule is Cc1cc(C(=O)Nc2c(Cl)cccc2Cl)nc(N2CCCC2)n1. The van der Waals surface area contributed by atoms with E-state index in [1.165, 1.54) is 0 Å². The van der Waals surface area contributed by atoms with Gasteiger partial charge >= 0.3 is 0 Å². The van der Waals surface area contributed by atoms with Crippen LogP contribution >= 0.6 is 23.2 Å². The van der Waals surface area contributed by atoms with Crippen LogP contribution in [0.3, 0.4) is 0 Å². The Labute approximate surface area is 144 Å². The van der Waals surface area contributed by atoms with Crippen LogP contribution in [0.4, 0.5) is 11.6 Å². The van der Waals surface area contributed by atoms with Crippen molar-refractivity contribution in [2.24, 2.45) is 0 Å². The van der Waals surface area contributed by atoms with Crippen molar-refractivity contribution in [1.29, 1.82) is 0 Å². The first-order chi connectivity index (χ1) is 11.0. The normalized spacial score (nSPS) is 14.1. The molecule has 23 heavy (non-hydrogen) atoms. The van der Waals surface area contributed by atoms with Gasteiger partial charge in [-0.25, -0.2) is 9.97 Å². The second-order valence-corrected chi connectivity index (χ2v) is 6.25. The Balaban J connectivity index is 1.87. The number of anilines is 2. The van der Waals surface area contributed by atoms with Gasteiger partial charge in [0.25, 0.3) is 5.91 Å². The van der Waals surface area contributed by atoms with Gasteiger partial charge in [0, 0.05) is 18.8 Å². The van der Waals surface area contributed by atoms with Gasteiger partial charge in [0.05, 0.1) is 15.7 Å². The number of rotatable bonds is 3. The average Bonchev–Trinajstić information content (AvgIpc) is 3.04. The summed E-state index contributed by atoms with van der Waals surface area (Å²) in [7, 11) is 0. The van der Waals surface area contributed by atoms with Crippen molar-refractivity contribution in [1.82, 2.24) is 9.97 Å². The Morgan fingerprint density at radius 3 is 2.48 bits per heavy atom. The summed E-state index contributed by atoms with van der Waals surface area (Å²) in [6, 6.07) is 6.72. The van der Waals surface area contributed by atoms with Gasteiger partial charge in [0.1, 0.15) is 5.69 Å². The minimum atomic E-state index is -0.356. The number of aromatic nitrogens is 2. The third kappa shape index (κ3) is 3.57. The molecule has 1 aliphatic rings. The summed E-state index contributed by atoms with van der Waals surface area (Å²) in [5, 5.41) is 3.50. The number of benzene rings is 1. The lowest BCUT2D eigenvalue weighted by Gasteiger charge is -2.16. The Hall–Kier alpha value is -1.85. The Morgan fingerprint density at radius 2 is 1.83 bits per heavy atom. The molecule has 2 aromatic rings. The van der Waals surface area contributed by atoms with Crippen LogP contribution < -0.4 is 10.2 Å². The van der Waals surface area contributed by atoms with Gasteiger partial charge in [-0.05, 0) is 38.0 Å². The number of hydrogen-bond acceptors (Lipinski definition) is 4. The molecule has 1 amide bonds. The van der Waals surface area contributed by atoms with Gasteiger partial charge in [-0.15, -0.1) is 0 Å². The molecule has 7 heteroatoms. The first-order valence-corrected chi connectivity index (χ1v) is 8.16. The number of nitrogens with one attached hydrogen (secondary N) is 1. The van der Waals surface area contributed by atoms with Gasteiger partial charge in [0.15, 0.2) is 0 Å². The summed E-state index contributed by atoms with van der Waals surface area (Å²) >= 11 is 12.2. The highest BCUT2D eigenvalue weighted by atomic mass is 35.5. The van der Waals surface area contributed by atoms with E-state index in [4.69, 9.17) is 23.2 Å². The molecule has 1 aromatic carbocycles. The second-order valence-electron chi connectivity index (χ2n) is 5.44. The first kappa shape index (κ1) is 16.0. The highest BCUT2D eigenvalue weighted by Crippen LogP contribution is 2.30. The maximum absolute atomic E-state index is 12.5. The maximum atomic E-state index is 12.5. The Kier molecular flexibility index (Phi) is 4.68. The van der Waals surface area contributed by atoms with Gasteiger partial charge in [-0.2, -0.15) is 0 Å². The largest absolute Gasteiger partial charge is 0.341 e. The van der Waals surface area contributed by atoms with E-state index in [0.717, 1.165) is 31.6 Å². The highest BCUT2D eigenvalue weighted by molar-refractivity contribution is 6.40. The molecule has 3 rings (SSSR count). The number of para-hydroxylation sites is 1. The fraction of sp³-hybridized carbons (Fsp3) is 0.312. The van der Waals surface area contributed by atoms with E-state index in [0.29, 0.717) is 27.4 Å². The van der Waals surface area contributed by atoms with Crippen molar-refractivity contribution in [3.8, 4) is 0 Å². The molecule has 5 nitrogen and oxygen atoms in total. The molecule has 1 aromatic heterocycles. The molecule has 0 unspecified atom stereocenters. The summed E-state index contributed by atoms with van der Waals surface area (Å²) in [6.07, 6.45) is 2.24. The lowest BCUT2D eigenvalue weighted by molar-refractivity contribution is 0.102. The quantitative estimate of drug-likeness (QED) is 0.910. The molecule has 2 heterocycles. The van der Waals surface area contributed by atoms with Crippen LogP contribution in [0.1, 0.15) is 29.0 Å². The fourth-order valence-corrected chi connectivity index (χ4v) is 3.01. The summed E-state index contributed by atoms with van der Waals surface area (Å²) in [6.45, 7) is 3.68. The molecule has 1 saturated heterocycles. The fourth-order valence-electron chi connectivity index (χ4n) is 2.52. The number of halogens is 2. The molecule has 0 radical (unpaired) electrons. The van der Waals surface area contributed by atoms with E-state index in [1.54, 1.807) is 24.3 Å². The average molecular weight is 351 g/mol. The Morgan fingerprint density at radius 1 is 1.17 bits per heavy atom. The molecule has 1 N–H and O–H groups in total. The predicted octanol–water partition coefficient (Wildman–Crippen LogP) is 3.94. The van der Waals surface area contributed by atoms with Crippen molar-refractivity contribution >= 4 is 40.7 Å². The zero-order valence-electron chi connectivity index (χ0n) is 12.6. The molecule has 1 aliphatic heterocycles. The van der Waals surface area contributed by atoms with Crippen LogP contribution in [0.5, 0.6) is 0 Å². The van der Waals surface area contributed by atoms with Crippen LogP contribution in [0, 0.1) is 6.92 Å². The van der Waals surface area contributed by atoms with Crippen molar-refractivity contribution in [3.63, 3.8) is 0 Å². The molecule has 0 aliphatic carbocycles. The second kappa shape index (κ2) is 6.72. The molecule has 0 saturated carbocycles. The van der Waals surface area contributed by atoms with E-state index >= 15 is 0 Å². The number of carbonyl (C=O) groups is 1. The third-order valence-corrected chi connectivity index (χ3v) is 4.30. The Bertz CT molecular complexity index is 725. The van der Waals surface area contributed by atoms with Crippen molar-refractivity contribution < 1.29 is 4.79 Å². The monoisotopic (exact) mass is 350 g/mol. The zero-order valence-corrected chi connectivity index (χ0v) is 14.2. The smallest absolute Gasteiger partial charge is 0.274 e. The maximum Gasteiger partial charge on any atom is 0.274 e. The molecular formula is C16H16Cl2N4O. The van der Waals surface area contributed by atoms with E-state index in [2.05, 4.69) is 20.2 Å². The number of hydrogen-bond donors (Lipinski definition) is 1. The predicted molar refractivity (Wildman–Crippen MR) is 92.6 cm³/mol. The van der Waals surface area contributed by atoms with E-state index < -0.39 is 0 Å². The van der Waals surface area contributed by atoms with Crippen LogP contribution in [0.15, 0.2) is 24.3 Å². The summed E-state index contributed by atoms with van der Waals surface area (Å²) in [4.78, 5) is 23.4. The topological polar surface area (TPSA) is 58.1 Å². The molecule has 1 fully saturated rings. The van der Waals surface area contributed by atoms with Crippen LogP contribution in [-0.2, 0) is 0 Å². The first-order valence-electron chi connectivity index (χ1n) is 7.40. The molecule has 0 bridgehead atoms. The van der Waals surface area contributed by atoms with Crippen LogP contribution in [0.25, 0.3) is 0 Å². The van der Waals surface area contributed by atoms with E-state index in [-0.39, 0.29) is 5.91 Å². The van der Waals surface area contributed by atoms with Gasteiger partial charge in [0.2, 0.25) is 5.95 Å². The van der Waals surface area contributed by atoms with Gasteiger partial charge in [-0.1, -0.05) is 29.3 Å². The van der Waals surface area contributed by atoms with Crippen LogP contribution in [0.2, 0.25) is 10.0 Å². The van der Waals surface area contributed by atoms with Crippen molar-refractivity contribution in [3.05, 3.63) is 45.7 Å². The standard InChI is InChI=1S/C16H16Cl2N4O/c1-10-9-13(20-16(19-10)22-7-2-3-8-22)15(23)21-14-11(17)5-4-6-12(14)18/h4-6,9H,2-3,7-8H2,1H3,(H,21,23). The number of amides is 1. The minimum Gasteiger partial charge on any atom is -0.341 e. The van der Waals surface area contributed by atoms with E-state index in [9.17, 15) is 4.79 Å². The number of aryl methyl sites for hydroxylation is 1. The molecular weight excluding hydrogens is 335 g/mol. The van der Waals surface area contributed by atoms with Crippen molar-refractivity contribution in [2.45, 2.75) is 19.8 Å². The van der Waals surface area contributed by atoms with Gasteiger partial charge < -0.3 is 10.2 Å². The molecule has 120 valence electrons. The summed E-state index contributed by atoms with van der Waals surface area (Å²) < 4.78 is 0. The molecule has 0 spiro atoms. The summed E-state index contributed by atoms with van der Waals surface area (Å²) in [5.74, 6) is 0.240. The number of carbonyl (C=O) groups excluding carboxylic acids is 1. The number of nitrogens with zero attached hydrogens (tertiary/aromatic N) is 3. The van der Waals surface area contributed by atoms with Crippen molar-refractivity contribution in [2.75, 3.05) is 23.3 Å². The van der Waals surface area contributed by atoms with Gasteiger partial charge in [-0.3, -0.25) is 4.79 Å². The zero-order chi connectivity index (χ0) is 16.4. The van der Waals surface area contributed by atoms with Crippen LogP contribution in [-0.4, -0.2) is 29.0 Å². The minimum absolute atomic E-state index is 0.301. The van der Waals surface area contributed by atoms with E-state index in [1.807, 2.05) is 6.92 Å².